The van der Waals surface area contributed by atoms with Gasteiger partial charge in [-0.2, -0.15) is 0 Å². The smallest absolute Gasteiger partial charge is 0.339 e. The quantitative estimate of drug-likeness (QED) is 0.706. The molecule has 3 rings (SSSR count). The van der Waals surface area contributed by atoms with Crippen LogP contribution < -0.4 is 5.32 Å². The van der Waals surface area contributed by atoms with E-state index >= 15 is 0 Å². The molecular weight excluding hydrogens is 445 g/mol. The average Bonchev–Trinajstić information content (AvgIpc) is 2.72. The Morgan fingerprint density at radius 1 is 1.00 bits per heavy atom. The fourth-order valence-corrected chi connectivity index (χ4v) is 3.35. The van der Waals surface area contributed by atoms with Crippen LogP contribution in [0, 0.1) is 5.82 Å². The lowest BCUT2D eigenvalue weighted by molar-refractivity contribution is -0.135. The van der Waals surface area contributed by atoms with E-state index in [2.05, 4.69) is 21.2 Å². The minimum atomic E-state index is -0.717. The summed E-state index contributed by atoms with van der Waals surface area (Å²) in [6.45, 7) is 1.03. The molecule has 3 amide bonds. The number of piperazine rings is 1. The number of halogens is 2. The minimum absolute atomic E-state index is 0.140. The Labute approximate surface area is 175 Å². The van der Waals surface area contributed by atoms with Crippen molar-refractivity contribution in [2.75, 3.05) is 38.1 Å². The van der Waals surface area contributed by atoms with Gasteiger partial charge in [-0.3, -0.25) is 4.79 Å². The topological polar surface area (TPSA) is 79.0 Å². The lowest BCUT2D eigenvalue weighted by Gasteiger charge is -2.34. The number of ether oxygens (including phenoxy) is 1. The van der Waals surface area contributed by atoms with Gasteiger partial charge in [0.1, 0.15) is 5.82 Å². The van der Waals surface area contributed by atoms with Crippen LogP contribution in [0.5, 0.6) is 0 Å². The van der Waals surface area contributed by atoms with Crippen molar-refractivity contribution in [3.63, 3.8) is 0 Å². The Kier molecular flexibility index (Phi) is 6.82. The summed E-state index contributed by atoms with van der Waals surface area (Å²) in [5, 5.41) is 2.81. The van der Waals surface area contributed by atoms with E-state index in [1.165, 1.54) is 6.07 Å². The Bertz CT molecular complexity index is 902. The van der Waals surface area contributed by atoms with Gasteiger partial charge < -0.3 is 19.9 Å². The van der Waals surface area contributed by atoms with E-state index in [9.17, 15) is 18.8 Å². The zero-order chi connectivity index (χ0) is 20.8. The number of anilines is 1. The third-order valence-electron chi connectivity index (χ3n) is 4.42. The molecular formula is C20H19BrFN3O4. The van der Waals surface area contributed by atoms with Gasteiger partial charge in [-0.1, -0.05) is 18.2 Å². The molecule has 0 bridgehead atoms. The highest BCUT2D eigenvalue weighted by Gasteiger charge is 2.25. The standard InChI is InChI=1S/C20H19BrFN3O4/c21-17-12-14(22)6-7-16(17)19(27)29-13-18(26)24-8-10-25(11-9-24)20(28)23-15-4-2-1-3-5-15/h1-7,12H,8-11,13H2,(H,23,28). The number of para-hydroxylation sites is 1. The van der Waals surface area contributed by atoms with Crippen LogP contribution >= 0.6 is 15.9 Å². The van der Waals surface area contributed by atoms with Gasteiger partial charge in [0.05, 0.1) is 5.56 Å². The van der Waals surface area contributed by atoms with E-state index in [4.69, 9.17) is 4.74 Å². The summed E-state index contributed by atoms with van der Waals surface area (Å²) in [6.07, 6.45) is 0. The second-order valence-electron chi connectivity index (χ2n) is 6.36. The van der Waals surface area contributed by atoms with Crippen LogP contribution in [-0.4, -0.2) is 60.5 Å². The van der Waals surface area contributed by atoms with Crippen molar-refractivity contribution < 1.29 is 23.5 Å². The van der Waals surface area contributed by atoms with E-state index < -0.39 is 18.4 Å². The van der Waals surface area contributed by atoms with Crippen LogP contribution in [0.1, 0.15) is 10.4 Å². The number of nitrogens with one attached hydrogen (secondary N) is 1. The molecule has 0 saturated carbocycles. The van der Waals surface area contributed by atoms with Gasteiger partial charge in [-0.25, -0.2) is 14.0 Å². The van der Waals surface area contributed by atoms with Crippen molar-refractivity contribution >= 4 is 39.5 Å². The summed E-state index contributed by atoms with van der Waals surface area (Å²) in [4.78, 5) is 39.8. The van der Waals surface area contributed by atoms with E-state index in [0.29, 0.717) is 31.9 Å². The SMILES string of the molecule is O=C(OCC(=O)N1CCN(C(=O)Nc2ccccc2)CC1)c1ccc(F)cc1Br. The van der Waals surface area contributed by atoms with E-state index in [-0.39, 0.29) is 22.0 Å². The van der Waals surface area contributed by atoms with Crippen molar-refractivity contribution in [2.45, 2.75) is 0 Å². The summed E-state index contributed by atoms with van der Waals surface area (Å²) >= 11 is 3.10. The zero-order valence-electron chi connectivity index (χ0n) is 15.4. The molecule has 7 nitrogen and oxygen atoms in total. The molecule has 1 heterocycles. The number of hydrogen-bond donors (Lipinski definition) is 1. The van der Waals surface area contributed by atoms with Gasteiger partial charge in [-0.15, -0.1) is 0 Å². The average molecular weight is 464 g/mol. The van der Waals surface area contributed by atoms with Gasteiger partial charge in [-0.05, 0) is 46.3 Å². The lowest BCUT2D eigenvalue weighted by Crippen LogP contribution is -2.52. The van der Waals surface area contributed by atoms with Gasteiger partial charge in [0.2, 0.25) is 0 Å². The summed E-state index contributed by atoms with van der Waals surface area (Å²) in [5.74, 6) is -1.55. The van der Waals surface area contributed by atoms with Crippen LogP contribution in [0.15, 0.2) is 53.0 Å². The molecule has 1 N–H and O–H groups in total. The molecule has 2 aromatic carbocycles. The number of urea groups is 1. The molecule has 1 aliphatic rings. The second kappa shape index (κ2) is 9.51. The third-order valence-corrected chi connectivity index (χ3v) is 5.08. The fourth-order valence-electron chi connectivity index (χ4n) is 2.83. The number of nitrogens with zero attached hydrogens (tertiary/aromatic N) is 2. The van der Waals surface area contributed by atoms with Crippen LogP contribution in [-0.2, 0) is 9.53 Å². The van der Waals surface area contributed by atoms with Gasteiger partial charge in [0.25, 0.3) is 5.91 Å². The first-order valence-electron chi connectivity index (χ1n) is 8.95. The molecule has 0 aliphatic carbocycles. The number of carbonyl (C=O) groups excluding carboxylic acids is 3. The molecule has 1 fully saturated rings. The van der Waals surface area contributed by atoms with Crippen molar-refractivity contribution in [1.82, 2.24) is 9.80 Å². The fraction of sp³-hybridized carbons (Fsp3) is 0.250. The summed E-state index contributed by atoms with van der Waals surface area (Å²) in [7, 11) is 0. The van der Waals surface area contributed by atoms with Gasteiger partial charge in [0.15, 0.2) is 6.61 Å². The highest BCUT2D eigenvalue weighted by Crippen LogP contribution is 2.19. The van der Waals surface area contributed by atoms with Gasteiger partial charge in [0, 0.05) is 36.3 Å². The molecule has 1 saturated heterocycles. The predicted molar refractivity (Wildman–Crippen MR) is 108 cm³/mol. The third kappa shape index (κ3) is 5.54. The van der Waals surface area contributed by atoms with Crippen molar-refractivity contribution in [2.24, 2.45) is 0 Å². The van der Waals surface area contributed by atoms with E-state index in [0.717, 1.165) is 12.1 Å². The highest BCUT2D eigenvalue weighted by molar-refractivity contribution is 9.10. The van der Waals surface area contributed by atoms with Gasteiger partial charge >= 0.3 is 12.0 Å². The molecule has 0 atom stereocenters. The zero-order valence-corrected chi connectivity index (χ0v) is 17.0. The molecule has 0 aromatic heterocycles. The largest absolute Gasteiger partial charge is 0.452 e. The lowest BCUT2D eigenvalue weighted by atomic mass is 10.2. The van der Waals surface area contributed by atoms with Crippen LogP contribution in [0.3, 0.4) is 0 Å². The molecule has 29 heavy (non-hydrogen) atoms. The van der Waals surface area contributed by atoms with Crippen LogP contribution in [0.2, 0.25) is 0 Å². The number of esters is 1. The number of hydrogen-bond acceptors (Lipinski definition) is 4. The molecule has 0 unspecified atom stereocenters. The monoisotopic (exact) mass is 463 g/mol. The molecule has 0 radical (unpaired) electrons. The molecule has 2 aromatic rings. The van der Waals surface area contributed by atoms with Crippen molar-refractivity contribution in [1.29, 1.82) is 0 Å². The summed E-state index contributed by atoms with van der Waals surface area (Å²) < 4.78 is 18.4. The Morgan fingerprint density at radius 3 is 2.31 bits per heavy atom. The normalized spacial score (nSPS) is 13.7. The summed E-state index contributed by atoms with van der Waals surface area (Å²) in [6, 6.07) is 12.5. The first kappa shape index (κ1) is 20.8. The number of amides is 3. The maximum atomic E-state index is 13.1. The summed E-state index contributed by atoms with van der Waals surface area (Å²) in [5.41, 5.74) is 0.844. The Balaban J connectivity index is 1.45. The number of rotatable bonds is 4. The van der Waals surface area contributed by atoms with Crippen molar-refractivity contribution in [3.8, 4) is 0 Å². The first-order valence-corrected chi connectivity index (χ1v) is 9.74. The second-order valence-corrected chi connectivity index (χ2v) is 7.22. The molecule has 152 valence electrons. The Morgan fingerprint density at radius 2 is 1.66 bits per heavy atom. The maximum Gasteiger partial charge on any atom is 0.339 e. The molecule has 0 spiro atoms. The minimum Gasteiger partial charge on any atom is -0.452 e. The highest BCUT2D eigenvalue weighted by atomic mass is 79.9. The Hall–Kier alpha value is -2.94. The molecule has 9 heteroatoms. The predicted octanol–water partition coefficient (Wildman–Crippen LogP) is 3.12. The first-order chi connectivity index (χ1) is 13.9. The van der Waals surface area contributed by atoms with Crippen LogP contribution in [0.4, 0.5) is 14.9 Å². The van der Waals surface area contributed by atoms with Crippen LogP contribution in [0.25, 0.3) is 0 Å². The van der Waals surface area contributed by atoms with E-state index in [1.54, 1.807) is 21.9 Å². The number of benzene rings is 2. The van der Waals surface area contributed by atoms with E-state index in [1.807, 2.05) is 18.2 Å². The van der Waals surface area contributed by atoms with Crippen molar-refractivity contribution in [3.05, 3.63) is 64.4 Å². The maximum absolute atomic E-state index is 13.1. The molecule has 1 aliphatic heterocycles. The number of carbonyl (C=O) groups is 3.